The van der Waals surface area contributed by atoms with Crippen molar-refractivity contribution in [2.75, 3.05) is 0 Å². The van der Waals surface area contributed by atoms with Gasteiger partial charge in [0.05, 0.1) is 22.1 Å². The summed E-state index contributed by atoms with van der Waals surface area (Å²) in [6.45, 7) is 0. The molecule has 3 heterocycles. The van der Waals surface area contributed by atoms with Gasteiger partial charge in [-0.25, -0.2) is 0 Å². The topological polar surface area (TPSA) is 22.8 Å². The molecule has 40 heavy (non-hydrogen) atoms. The Labute approximate surface area is 230 Å². The van der Waals surface area contributed by atoms with Gasteiger partial charge in [0.25, 0.3) is 0 Å². The van der Waals surface area contributed by atoms with E-state index in [-0.39, 0.29) is 0 Å². The molecule has 186 valence electrons. The summed E-state index contributed by atoms with van der Waals surface area (Å²) >= 11 is 0. The molecule has 3 heteroatoms. The highest BCUT2D eigenvalue weighted by atomic mass is 15.0. The number of para-hydroxylation sites is 3. The predicted octanol–water partition coefficient (Wildman–Crippen LogP) is 9.58. The van der Waals surface area contributed by atoms with E-state index in [0.29, 0.717) is 0 Å². The molecule has 3 aromatic heterocycles. The van der Waals surface area contributed by atoms with Crippen LogP contribution in [-0.2, 0) is 0 Å². The first-order chi connectivity index (χ1) is 19.9. The lowest BCUT2D eigenvalue weighted by Gasteiger charge is -2.13. The van der Waals surface area contributed by atoms with Gasteiger partial charge < -0.3 is 9.13 Å². The van der Waals surface area contributed by atoms with Crippen LogP contribution in [-0.4, -0.2) is 14.1 Å². The van der Waals surface area contributed by atoms with Crippen LogP contribution in [0.15, 0.2) is 140 Å². The lowest BCUT2D eigenvalue weighted by atomic mass is 9.99. The van der Waals surface area contributed by atoms with E-state index in [0.717, 1.165) is 11.1 Å². The van der Waals surface area contributed by atoms with Crippen LogP contribution in [0.5, 0.6) is 0 Å². The third-order valence-corrected chi connectivity index (χ3v) is 8.33. The first kappa shape index (κ1) is 21.5. The predicted molar refractivity (Wildman–Crippen MR) is 168 cm³/mol. The van der Waals surface area contributed by atoms with Gasteiger partial charge in [-0.05, 0) is 53.2 Å². The number of fused-ring (bicyclic) bond motifs is 11. The van der Waals surface area contributed by atoms with Gasteiger partial charge in [0.2, 0.25) is 0 Å². The van der Waals surface area contributed by atoms with Crippen LogP contribution in [0.3, 0.4) is 0 Å². The van der Waals surface area contributed by atoms with Gasteiger partial charge in [-0.15, -0.1) is 0 Å². The Morgan fingerprint density at radius 3 is 1.82 bits per heavy atom. The molecule has 0 N–H and O–H groups in total. The van der Waals surface area contributed by atoms with Crippen molar-refractivity contribution >= 4 is 65.2 Å². The zero-order chi connectivity index (χ0) is 26.2. The monoisotopic (exact) mass is 509 g/mol. The van der Waals surface area contributed by atoms with Crippen molar-refractivity contribution < 1.29 is 0 Å². The number of hydrogen-bond donors (Lipinski definition) is 0. The summed E-state index contributed by atoms with van der Waals surface area (Å²) in [5.74, 6) is 0. The number of benzene rings is 6. The Balaban J connectivity index is 1.60. The van der Waals surface area contributed by atoms with Gasteiger partial charge in [-0.3, -0.25) is 4.98 Å². The van der Waals surface area contributed by atoms with Crippen LogP contribution in [0.4, 0.5) is 0 Å². The van der Waals surface area contributed by atoms with Crippen molar-refractivity contribution in [3.05, 3.63) is 140 Å². The summed E-state index contributed by atoms with van der Waals surface area (Å²) in [4.78, 5) is 4.33. The highest BCUT2D eigenvalue weighted by Gasteiger charge is 2.24. The minimum Gasteiger partial charge on any atom is -0.309 e. The molecule has 0 aliphatic carbocycles. The summed E-state index contributed by atoms with van der Waals surface area (Å²) in [7, 11) is 0. The Morgan fingerprint density at radius 2 is 1.05 bits per heavy atom. The van der Waals surface area contributed by atoms with Gasteiger partial charge >= 0.3 is 0 Å². The fraction of sp³-hybridized carbons (Fsp3) is 0. The SMILES string of the molecule is c1ccc(-n2c3ccccc3c3c4ccccc4c4c(c5ccccc5n4-c4ccc5cnccc5c4)c32)cc1. The minimum atomic E-state index is 1.14. The second kappa shape index (κ2) is 8.05. The van der Waals surface area contributed by atoms with Gasteiger partial charge in [0.1, 0.15) is 0 Å². The zero-order valence-electron chi connectivity index (χ0n) is 21.6. The molecule has 9 rings (SSSR count). The van der Waals surface area contributed by atoms with Gasteiger partial charge in [-0.2, -0.15) is 0 Å². The molecule has 0 spiro atoms. The van der Waals surface area contributed by atoms with E-state index in [1.165, 1.54) is 65.5 Å². The highest BCUT2D eigenvalue weighted by Crippen LogP contribution is 2.46. The molecule has 0 fully saturated rings. The summed E-state index contributed by atoms with van der Waals surface area (Å²) in [5, 5.41) is 9.95. The van der Waals surface area contributed by atoms with Crippen LogP contribution in [0.1, 0.15) is 0 Å². The highest BCUT2D eigenvalue weighted by molar-refractivity contribution is 6.36. The molecule has 0 saturated heterocycles. The zero-order valence-corrected chi connectivity index (χ0v) is 21.6. The minimum absolute atomic E-state index is 1.14. The van der Waals surface area contributed by atoms with Crippen molar-refractivity contribution in [1.82, 2.24) is 14.1 Å². The third kappa shape index (κ3) is 2.81. The number of aromatic nitrogens is 3. The summed E-state index contributed by atoms with van der Waals surface area (Å²) in [5.41, 5.74) is 7.22. The Bertz CT molecular complexity index is 2430. The van der Waals surface area contributed by atoms with Gasteiger partial charge in [0, 0.05) is 56.1 Å². The normalized spacial score (nSPS) is 12.0. The molecule has 0 radical (unpaired) electrons. The molecule has 0 unspecified atom stereocenters. The first-order valence-corrected chi connectivity index (χ1v) is 13.6. The van der Waals surface area contributed by atoms with Crippen LogP contribution in [0.25, 0.3) is 76.5 Å². The lowest BCUT2D eigenvalue weighted by molar-refractivity contribution is 1.18. The Morgan fingerprint density at radius 1 is 0.425 bits per heavy atom. The molecule has 0 amide bonds. The molecule has 3 nitrogen and oxygen atoms in total. The molecule has 0 aliphatic heterocycles. The smallest absolute Gasteiger partial charge is 0.0647 e. The van der Waals surface area contributed by atoms with Crippen LogP contribution >= 0.6 is 0 Å². The number of nitrogens with zero attached hydrogens (tertiary/aromatic N) is 3. The molecular formula is C37H23N3. The van der Waals surface area contributed by atoms with E-state index in [2.05, 4.69) is 142 Å². The summed E-state index contributed by atoms with van der Waals surface area (Å²) in [6.07, 6.45) is 3.80. The van der Waals surface area contributed by atoms with Crippen LogP contribution < -0.4 is 0 Å². The molecule has 0 atom stereocenters. The maximum atomic E-state index is 4.33. The fourth-order valence-electron chi connectivity index (χ4n) is 6.71. The van der Waals surface area contributed by atoms with Crippen LogP contribution in [0.2, 0.25) is 0 Å². The van der Waals surface area contributed by atoms with Gasteiger partial charge in [0.15, 0.2) is 0 Å². The van der Waals surface area contributed by atoms with Crippen molar-refractivity contribution in [2.45, 2.75) is 0 Å². The van der Waals surface area contributed by atoms with E-state index < -0.39 is 0 Å². The molecule has 0 aliphatic rings. The molecule has 0 saturated carbocycles. The molecule has 6 aromatic carbocycles. The average molecular weight is 510 g/mol. The van der Waals surface area contributed by atoms with E-state index in [9.17, 15) is 0 Å². The quantitative estimate of drug-likeness (QED) is 0.227. The Kier molecular flexibility index (Phi) is 4.33. The Hall–Kier alpha value is -5.41. The lowest BCUT2D eigenvalue weighted by Crippen LogP contribution is -1.96. The number of rotatable bonds is 2. The second-order valence-electron chi connectivity index (χ2n) is 10.4. The largest absolute Gasteiger partial charge is 0.309 e. The second-order valence-corrected chi connectivity index (χ2v) is 10.4. The van der Waals surface area contributed by atoms with E-state index in [1.54, 1.807) is 0 Å². The van der Waals surface area contributed by atoms with Crippen molar-refractivity contribution in [2.24, 2.45) is 0 Å². The molecular weight excluding hydrogens is 486 g/mol. The third-order valence-electron chi connectivity index (χ3n) is 8.33. The van der Waals surface area contributed by atoms with Crippen LogP contribution in [0, 0.1) is 0 Å². The molecule has 0 bridgehead atoms. The first-order valence-electron chi connectivity index (χ1n) is 13.6. The number of hydrogen-bond acceptors (Lipinski definition) is 1. The van der Waals surface area contributed by atoms with Crippen molar-refractivity contribution in [1.29, 1.82) is 0 Å². The number of pyridine rings is 1. The molecule has 9 aromatic rings. The van der Waals surface area contributed by atoms with Gasteiger partial charge in [-0.1, -0.05) is 84.9 Å². The summed E-state index contributed by atoms with van der Waals surface area (Å²) < 4.78 is 4.92. The fourth-order valence-corrected chi connectivity index (χ4v) is 6.71. The van der Waals surface area contributed by atoms with Crippen molar-refractivity contribution in [3.63, 3.8) is 0 Å². The standard InChI is InChI=1S/C37H23N3/c1-2-10-26(11-3-1)39-32-16-8-6-14-30(32)34-28-12-4-5-13-29(28)36-35(37(34)39)31-15-7-9-17-33(31)40(36)27-19-18-25-23-38-21-20-24(25)22-27/h1-23H. The van der Waals surface area contributed by atoms with E-state index in [1.807, 2.05) is 12.4 Å². The van der Waals surface area contributed by atoms with E-state index >= 15 is 0 Å². The maximum absolute atomic E-state index is 4.33. The summed E-state index contributed by atoms with van der Waals surface area (Å²) in [6, 6.07) is 46.1. The average Bonchev–Trinajstić information content (AvgIpc) is 3.55. The maximum Gasteiger partial charge on any atom is 0.0647 e. The van der Waals surface area contributed by atoms with E-state index in [4.69, 9.17) is 0 Å². The van der Waals surface area contributed by atoms with Crippen molar-refractivity contribution in [3.8, 4) is 11.4 Å².